The van der Waals surface area contributed by atoms with Crippen molar-refractivity contribution in [3.63, 3.8) is 0 Å². The Labute approximate surface area is 219 Å². The lowest BCUT2D eigenvalue weighted by Gasteiger charge is -2.30. The number of fused-ring (bicyclic) bond motifs is 1. The van der Waals surface area contributed by atoms with Crippen molar-refractivity contribution in [3.8, 4) is 17.0 Å². The van der Waals surface area contributed by atoms with E-state index in [1.165, 1.54) is 25.5 Å². The van der Waals surface area contributed by atoms with E-state index in [0.29, 0.717) is 17.0 Å². The number of aromatic hydroxyl groups is 1. The van der Waals surface area contributed by atoms with E-state index in [2.05, 4.69) is 43.3 Å². The minimum Gasteiger partial charge on any atom is -0.507 e. The van der Waals surface area contributed by atoms with Gasteiger partial charge >= 0.3 is 0 Å². The van der Waals surface area contributed by atoms with Crippen LogP contribution in [0.25, 0.3) is 16.9 Å². The first-order valence-corrected chi connectivity index (χ1v) is 12.6. The van der Waals surface area contributed by atoms with Gasteiger partial charge in [0.2, 0.25) is 0 Å². The molecule has 2 aromatic heterocycles. The first-order valence-electron chi connectivity index (χ1n) is 11.8. The first-order chi connectivity index (χ1) is 17.4. The molecule has 0 radical (unpaired) electrons. The van der Waals surface area contributed by atoms with Crippen LogP contribution in [0.15, 0.2) is 65.3 Å². The Morgan fingerprint density at radius 2 is 1.86 bits per heavy atom. The van der Waals surface area contributed by atoms with E-state index in [1.54, 1.807) is 35.8 Å². The van der Waals surface area contributed by atoms with E-state index in [0.717, 1.165) is 41.8 Å². The van der Waals surface area contributed by atoms with Gasteiger partial charge in [-0.05, 0) is 79.0 Å². The lowest BCUT2D eigenvalue weighted by Crippen LogP contribution is -2.35. The van der Waals surface area contributed by atoms with Crippen LogP contribution >= 0.6 is 15.9 Å². The summed E-state index contributed by atoms with van der Waals surface area (Å²) < 4.78 is 15.0. The third-order valence-electron chi connectivity index (χ3n) is 5.98. The van der Waals surface area contributed by atoms with Crippen molar-refractivity contribution in [2.24, 2.45) is 5.92 Å². The number of aryl methyl sites for hydroxylation is 1. The Bertz CT molecular complexity index is 1250. The predicted molar refractivity (Wildman–Crippen MR) is 146 cm³/mol. The average Bonchev–Trinajstić information content (AvgIpc) is 3.27. The Morgan fingerprint density at radius 1 is 1.14 bits per heavy atom. The van der Waals surface area contributed by atoms with Crippen LogP contribution in [0.5, 0.6) is 5.75 Å². The fourth-order valence-corrected chi connectivity index (χ4v) is 4.48. The quantitative estimate of drug-likeness (QED) is 0.313. The Hall–Kier alpha value is -3.01. The number of aliphatic hydroxyl groups is 1. The van der Waals surface area contributed by atoms with Gasteiger partial charge in [-0.1, -0.05) is 30.3 Å². The average molecular weight is 558 g/mol. The molecule has 4 aromatic rings. The molecule has 7 nitrogen and oxygen atoms in total. The number of phenolic OH excluding ortho intramolecular Hbond substituents is 1. The number of nitrogens with one attached hydrogen (secondary N) is 1. The second-order valence-electron chi connectivity index (χ2n) is 8.67. The highest BCUT2D eigenvalue weighted by Crippen LogP contribution is 2.31. The predicted octanol–water partition coefficient (Wildman–Crippen LogP) is 5.36. The summed E-state index contributed by atoms with van der Waals surface area (Å²) in [6.07, 6.45) is 4.22. The number of para-hydroxylation sites is 1. The van der Waals surface area contributed by atoms with E-state index in [-0.39, 0.29) is 11.6 Å². The fourth-order valence-electron chi connectivity index (χ4n) is 4.13. The number of likely N-dealkylation sites (tertiary alicyclic amines) is 1. The van der Waals surface area contributed by atoms with Crippen molar-refractivity contribution in [2.45, 2.75) is 19.8 Å². The largest absolute Gasteiger partial charge is 0.507 e. The molecule has 1 aliphatic heterocycles. The molecule has 0 bridgehead atoms. The number of hydrogen-bond donors (Lipinski definition) is 3. The molecule has 0 saturated carbocycles. The highest BCUT2D eigenvalue weighted by Gasteiger charge is 2.18. The molecular weight excluding hydrogens is 525 g/mol. The molecule has 0 spiro atoms. The summed E-state index contributed by atoms with van der Waals surface area (Å²) in [5.74, 6) is 1.59. The fraction of sp³-hybridized carbons (Fsp3) is 0.333. The summed E-state index contributed by atoms with van der Waals surface area (Å²) in [6, 6.07) is 15.9. The lowest BCUT2D eigenvalue weighted by molar-refractivity contribution is 0.217. The zero-order chi connectivity index (χ0) is 26.1. The number of hydrogen-bond acceptors (Lipinski definition) is 6. The van der Waals surface area contributed by atoms with Crippen LogP contribution in [0.4, 0.5) is 10.2 Å². The van der Waals surface area contributed by atoms with Crippen molar-refractivity contribution >= 4 is 27.4 Å². The highest BCUT2D eigenvalue weighted by molar-refractivity contribution is 9.10. The van der Waals surface area contributed by atoms with E-state index in [1.807, 2.05) is 30.3 Å². The van der Waals surface area contributed by atoms with Gasteiger partial charge in [-0.3, -0.25) is 0 Å². The number of nitrogens with zero attached hydrogens (tertiary/aromatic N) is 4. The summed E-state index contributed by atoms with van der Waals surface area (Å²) in [7, 11) is 3.18. The van der Waals surface area contributed by atoms with Crippen molar-refractivity contribution in [2.75, 3.05) is 39.1 Å². The van der Waals surface area contributed by atoms with Crippen LogP contribution in [0.2, 0.25) is 0 Å². The first kappa shape index (κ1) is 27.6. The molecule has 1 unspecified atom stereocenters. The summed E-state index contributed by atoms with van der Waals surface area (Å²) in [6.45, 7) is 4.92. The van der Waals surface area contributed by atoms with Gasteiger partial charge in [0.1, 0.15) is 17.4 Å². The number of benzene rings is 2. The van der Waals surface area contributed by atoms with Gasteiger partial charge in [0, 0.05) is 31.8 Å². The molecule has 3 heterocycles. The van der Waals surface area contributed by atoms with Gasteiger partial charge < -0.3 is 20.4 Å². The van der Waals surface area contributed by atoms with E-state index < -0.39 is 0 Å². The molecule has 36 heavy (non-hydrogen) atoms. The molecule has 1 atom stereocenters. The van der Waals surface area contributed by atoms with Crippen molar-refractivity contribution in [1.29, 1.82) is 0 Å². The third kappa shape index (κ3) is 7.02. The second-order valence-corrected chi connectivity index (χ2v) is 9.53. The minimum atomic E-state index is -0.132. The summed E-state index contributed by atoms with van der Waals surface area (Å²) >= 11 is 3.52. The van der Waals surface area contributed by atoms with Crippen molar-refractivity contribution < 1.29 is 14.6 Å². The highest BCUT2D eigenvalue weighted by atomic mass is 79.9. The number of aromatic nitrogens is 3. The maximum absolute atomic E-state index is 12.3. The molecule has 9 heteroatoms. The van der Waals surface area contributed by atoms with Crippen LogP contribution in [0.3, 0.4) is 0 Å². The molecule has 1 saturated heterocycles. The number of aliphatic hydroxyl groups excluding tert-OH is 1. The second kappa shape index (κ2) is 13.3. The summed E-state index contributed by atoms with van der Waals surface area (Å²) in [4.78, 5) is 7.06. The monoisotopic (exact) mass is 557 g/mol. The van der Waals surface area contributed by atoms with Crippen LogP contribution in [-0.4, -0.2) is 63.5 Å². The van der Waals surface area contributed by atoms with E-state index in [9.17, 15) is 9.50 Å². The summed E-state index contributed by atoms with van der Waals surface area (Å²) in [5, 5.41) is 25.2. The zero-order valence-electron chi connectivity index (χ0n) is 20.8. The van der Waals surface area contributed by atoms with Crippen LogP contribution in [0, 0.1) is 18.7 Å². The lowest BCUT2D eigenvalue weighted by atomic mass is 9.98. The SMILES string of the molecule is CN1CCCC(CNc2cc(-c3ccccc3O)nc3c(Br)cnn23)C1.CO.Cc1ccccc1F. The van der Waals surface area contributed by atoms with Crippen molar-refractivity contribution in [3.05, 3.63) is 76.6 Å². The van der Waals surface area contributed by atoms with Crippen LogP contribution in [-0.2, 0) is 0 Å². The summed E-state index contributed by atoms with van der Waals surface area (Å²) in [5.41, 5.74) is 2.87. The molecule has 0 amide bonds. The van der Waals surface area contributed by atoms with Gasteiger partial charge in [0.15, 0.2) is 5.65 Å². The number of piperidine rings is 1. The topological polar surface area (TPSA) is 85.9 Å². The normalized spacial score (nSPS) is 15.4. The third-order valence-corrected chi connectivity index (χ3v) is 6.54. The van der Waals surface area contributed by atoms with Gasteiger partial charge in [-0.2, -0.15) is 9.61 Å². The smallest absolute Gasteiger partial charge is 0.172 e. The number of anilines is 1. The standard InChI is InChI=1S/C19H22BrN5O.C7H7F.CH4O/c1-24-8-4-5-13(12-24)10-21-18-9-16(14-6-2-3-7-17(14)26)23-19-15(20)11-22-25(18)19;1-6-4-2-3-5-7(6)8;1-2/h2-3,6-7,9,11,13,21,26H,4-5,8,10,12H2,1H3;2-5H,1H3;2H,1H3. The zero-order valence-corrected chi connectivity index (χ0v) is 22.4. The molecule has 1 aliphatic rings. The van der Waals surface area contributed by atoms with Gasteiger partial charge in [-0.15, -0.1) is 0 Å². The molecule has 1 fully saturated rings. The van der Waals surface area contributed by atoms with Gasteiger partial charge in [0.25, 0.3) is 0 Å². The Balaban J connectivity index is 0.000000305. The number of halogens is 2. The minimum absolute atomic E-state index is 0.132. The number of rotatable bonds is 4. The number of phenols is 1. The van der Waals surface area contributed by atoms with Crippen LogP contribution < -0.4 is 5.32 Å². The van der Waals surface area contributed by atoms with Crippen LogP contribution in [0.1, 0.15) is 18.4 Å². The van der Waals surface area contributed by atoms with Crippen molar-refractivity contribution in [1.82, 2.24) is 19.5 Å². The molecule has 2 aromatic carbocycles. The van der Waals surface area contributed by atoms with Gasteiger partial charge in [0.05, 0.1) is 16.4 Å². The Kier molecular flexibility index (Phi) is 10.2. The molecule has 3 N–H and O–H groups in total. The van der Waals surface area contributed by atoms with Gasteiger partial charge in [-0.25, -0.2) is 9.37 Å². The van der Waals surface area contributed by atoms with E-state index >= 15 is 0 Å². The maximum Gasteiger partial charge on any atom is 0.172 e. The Morgan fingerprint density at radius 3 is 2.53 bits per heavy atom. The molecule has 0 aliphatic carbocycles. The molecular formula is C27H33BrFN5O2. The van der Waals surface area contributed by atoms with E-state index in [4.69, 9.17) is 5.11 Å². The molecule has 5 rings (SSSR count). The maximum atomic E-state index is 12.3. The molecule has 192 valence electrons.